The fraction of sp³-hybridized carbons (Fsp3) is 0.514. The first-order chi connectivity index (χ1) is 21.7. The summed E-state index contributed by atoms with van der Waals surface area (Å²) in [5.41, 5.74) is 8.35. The van der Waals surface area contributed by atoms with Crippen LogP contribution in [0.15, 0.2) is 47.3 Å². The first-order valence-electron chi connectivity index (χ1n) is 16.6. The molecular weight excluding hydrogens is 562 g/mol. The fourth-order valence-electron chi connectivity index (χ4n) is 6.60. The molecule has 2 aliphatic rings. The number of ether oxygens (including phenoxy) is 1. The molecule has 8 nitrogen and oxygen atoms in total. The molecule has 8 heteroatoms. The molecule has 1 aliphatic carbocycles. The summed E-state index contributed by atoms with van der Waals surface area (Å²) in [6, 6.07) is 15.5. The largest absolute Gasteiger partial charge is 0.379 e. The monoisotopic (exact) mass is 615 g/mol. The Morgan fingerprint density at radius 2 is 1.64 bits per heavy atom. The smallest absolute Gasteiger partial charge is 0.253 e. The van der Waals surface area contributed by atoms with Crippen molar-refractivity contribution in [3.05, 3.63) is 86.3 Å². The number of amides is 1. The second kappa shape index (κ2) is 16.7. The van der Waals surface area contributed by atoms with Gasteiger partial charge < -0.3 is 25.3 Å². The van der Waals surface area contributed by atoms with Crippen LogP contribution in [0.1, 0.15) is 77.3 Å². The topological polar surface area (TPSA) is 89.7 Å². The zero-order valence-electron chi connectivity index (χ0n) is 28.2. The van der Waals surface area contributed by atoms with E-state index in [0.717, 1.165) is 73.0 Å². The van der Waals surface area contributed by atoms with E-state index in [0.29, 0.717) is 17.2 Å². The molecule has 1 saturated heterocycles. The Bertz CT molecular complexity index is 1450. The van der Waals surface area contributed by atoms with E-state index in [1.807, 2.05) is 40.1 Å². The van der Waals surface area contributed by atoms with Crippen molar-refractivity contribution in [2.75, 3.05) is 51.8 Å². The molecular formula is C37H53N5O3. The molecule has 45 heavy (non-hydrogen) atoms. The van der Waals surface area contributed by atoms with Gasteiger partial charge >= 0.3 is 0 Å². The van der Waals surface area contributed by atoms with E-state index in [1.165, 1.54) is 37.7 Å². The molecule has 1 aromatic heterocycles. The number of H-pyrrole nitrogens is 1. The minimum Gasteiger partial charge on any atom is -0.379 e. The Labute approximate surface area is 269 Å². The Morgan fingerprint density at radius 1 is 0.978 bits per heavy atom. The number of carbonyl (C=O) groups is 1. The van der Waals surface area contributed by atoms with E-state index in [-0.39, 0.29) is 18.0 Å². The van der Waals surface area contributed by atoms with Gasteiger partial charge in [0, 0.05) is 61.3 Å². The summed E-state index contributed by atoms with van der Waals surface area (Å²) in [4.78, 5) is 34.2. The van der Waals surface area contributed by atoms with Crippen LogP contribution >= 0.6 is 0 Å². The Hall–Kier alpha value is -3.46. The highest BCUT2D eigenvalue weighted by molar-refractivity contribution is 5.99. The summed E-state index contributed by atoms with van der Waals surface area (Å²) in [6.07, 6.45) is 6.18. The third-order valence-corrected chi connectivity index (χ3v) is 9.01. The number of hydrogen-bond donors (Lipinski definition) is 3. The van der Waals surface area contributed by atoms with Gasteiger partial charge in [-0.05, 0) is 101 Å². The first-order valence-corrected chi connectivity index (χ1v) is 16.6. The number of pyridine rings is 1. The fourth-order valence-corrected chi connectivity index (χ4v) is 6.60. The lowest BCUT2D eigenvalue weighted by Gasteiger charge is -2.37. The van der Waals surface area contributed by atoms with E-state index >= 15 is 0 Å². The Balaban J connectivity index is 0.00000148. The first kappa shape index (κ1) is 34.4. The molecule has 0 spiro atoms. The molecule has 2 fully saturated rings. The van der Waals surface area contributed by atoms with E-state index in [2.05, 4.69) is 69.6 Å². The minimum absolute atomic E-state index is 0.148. The summed E-state index contributed by atoms with van der Waals surface area (Å²) in [5.74, 6) is -0.154. The maximum atomic E-state index is 13.8. The number of nitrogens with zero attached hydrogens (tertiary/aromatic N) is 2. The lowest BCUT2D eigenvalue weighted by Crippen LogP contribution is -2.37. The van der Waals surface area contributed by atoms with Crippen molar-refractivity contribution in [1.82, 2.24) is 20.5 Å². The summed E-state index contributed by atoms with van der Waals surface area (Å²) in [7, 11) is 3.75. The molecule has 3 N–H and O–H groups in total. The molecule has 1 aliphatic heterocycles. The molecule has 0 bridgehead atoms. The van der Waals surface area contributed by atoms with Crippen molar-refractivity contribution in [2.45, 2.75) is 78.9 Å². The molecule has 0 radical (unpaired) electrons. The molecule has 0 unspecified atom stereocenters. The second-order valence-electron chi connectivity index (χ2n) is 12.5. The van der Waals surface area contributed by atoms with Gasteiger partial charge in [-0.3, -0.25) is 14.5 Å². The summed E-state index contributed by atoms with van der Waals surface area (Å²) in [6.45, 7) is 13.6. The van der Waals surface area contributed by atoms with Gasteiger partial charge in [0.05, 0.1) is 13.2 Å². The van der Waals surface area contributed by atoms with Crippen LogP contribution < -0.4 is 21.1 Å². The lowest BCUT2D eigenvalue weighted by atomic mass is 9.91. The number of morpholine rings is 1. The van der Waals surface area contributed by atoms with Crippen molar-refractivity contribution in [3.63, 3.8) is 0 Å². The van der Waals surface area contributed by atoms with Gasteiger partial charge in [-0.15, -0.1) is 0 Å². The van der Waals surface area contributed by atoms with Crippen LogP contribution in [0.3, 0.4) is 0 Å². The molecule has 2 aromatic carbocycles. The molecule has 5 rings (SSSR count). The highest BCUT2D eigenvalue weighted by Gasteiger charge is 2.25. The van der Waals surface area contributed by atoms with Crippen LogP contribution in [0.25, 0.3) is 11.1 Å². The number of hydrogen-bond acceptors (Lipinski definition) is 6. The standard InChI is InChI=1S/C35H46N4O3.C2H7N/c1-5-39(30-9-7-6-8-10-30)33-21-29(28-13-11-27(12-14-28)23-38-15-17-42-18-16-38)20-31(26(33)4)34(40)36-22-32-24(2)19-25(3)37-35(32)41;1-3-2/h11-14,19-21,30H,5-10,15-18,22-23H2,1-4H3,(H,36,40)(H,37,41);3H,1-2H3. The quantitative estimate of drug-likeness (QED) is 0.285. The summed E-state index contributed by atoms with van der Waals surface area (Å²) in [5, 5.41) is 5.81. The van der Waals surface area contributed by atoms with Crippen molar-refractivity contribution >= 4 is 11.6 Å². The van der Waals surface area contributed by atoms with Crippen LogP contribution in [-0.2, 0) is 17.8 Å². The molecule has 1 saturated carbocycles. The number of aromatic nitrogens is 1. The number of nitrogens with one attached hydrogen (secondary N) is 3. The van der Waals surface area contributed by atoms with Crippen molar-refractivity contribution in [2.24, 2.45) is 0 Å². The molecule has 244 valence electrons. The number of benzene rings is 2. The lowest BCUT2D eigenvalue weighted by molar-refractivity contribution is 0.0342. The number of rotatable bonds is 9. The predicted octanol–water partition coefficient (Wildman–Crippen LogP) is 5.72. The van der Waals surface area contributed by atoms with Crippen molar-refractivity contribution in [1.29, 1.82) is 0 Å². The van der Waals surface area contributed by atoms with Crippen LogP contribution in [0, 0.1) is 20.8 Å². The summed E-state index contributed by atoms with van der Waals surface area (Å²) < 4.78 is 5.50. The van der Waals surface area contributed by atoms with Crippen LogP contribution in [0.5, 0.6) is 0 Å². The SMILES string of the molecule is CCN(c1cc(-c2ccc(CN3CCOCC3)cc2)cc(C(=O)NCc2c(C)cc(C)[nH]c2=O)c1C)C1CCCCC1.CNC. The molecule has 0 atom stereocenters. The zero-order valence-corrected chi connectivity index (χ0v) is 28.2. The Morgan fingerprint density at radius 3 is 2.27 bits per heavy atom. The van der Waals surface area contributed by atoms with Crippen molar-refractivity contribution in [3.8, 4) is 11.1 Å². The average molecular weight is 616 g/mol. The highest BCUT2D eigenvalue weighted by atomic mass is 16.5. The average Bonchev–Trinajstić information content (AvgIpc) is 3.03. The number of aromatic amines is 1. The van der Waals surface area contributed by atoms with Gasteiger partial charge in [0.15, 0.2) is 0 Å². The van der Waals surface area contributed by atoms with Crippen LogP contribution in [0.2, 0.25) is 0 Å². The zero-order chi connectivity index (χ0) is 32.3. The number of aryl methyl sites for hydroxylation is 2. The predicted molar refractivity (Wildman–Crippen MR) is 185 cm³/mol. The molecule has 3 aromatic rings. The second-order valence-corrected chi connectivity index (χ2v) is 12.5. The van der Waals surface area contributed by atoms with Gasteiger partial charge in [-0.25, -0.2) is 0 Å². The van der Waals surface area contributed by atoms with E-state index in [4.69, 9.17) is 4.74 Å². The third kappa shape index (κ3) is 9.06. The van der Waals surface area contributed by atoms with Gasteiger partial charge in [-0.2, -0.15) is 0 Å². The Kier molecular flexibility index (Phi) is 12.8. The number of anilines is 1. The van der Waals surface area contributed by atoms with Crippen LogP contribution in [0.4, 0.5) is 5.69 Å². The van der Waals surface area contributed by atoms with Crippen LogP contribution in [-0.4, -0.2) is 68.8 Å². The minimum atomic E-state index is -0.154. The van der Waals surface area contributed by atoms with Gasteiger partial charge in [0.1, 0.15) is 0 Å². The normalized spacial score (nSPS) is 15.7. The van der Waals surface area contributed by atoms with Gasteiger partial charge in [0.25, 0.3) is 11.5 Å². The van der Waals surface area contributed by atoms with Gasteiger partial charge in [0.2, 0.25) is 0 Å². The number of carbonyl (C=O) groups excluding carboxylic acids is 1. The molecule has 2 heterocycles. The maximum absolute atomic E-state index is 13.8. The maximum Gasteiger partial charge on any atom is 0.253 e. The van der Waals surface area contributed by atoms with E-state index in [1.54, 1.807) is 0 Å². The summed E-state index contributed by atoms with van der Waals surface area (Å²) >= 11 is 0. The van der Waals surface area contributed by atoms with Gasteiger partial charge in [-0.1, -0.05) is 43.5 Å². The van der Waals surface area contributed by atoms with E-state index in [9.17, 15) is 9.59 Å². The molecule has 1 amide bonds. The van der Waals surface area contributed by atoms with Crippen molar-refractivity contribution < 1.29 is 9.53 Å². The van der Waals surface area contributed by atoms with E-state index < -0.39 is 0 Å². The third-order valence-electron chi connectivity index (χ3n) is 9.01. The highest BCUT2D eigenvalue weighted by Crippen LogP contribution is 2.35.